The Morgan fingerprint density at radius 2 is 2.32 bits per heavy atom. The van der Waals surface area contributed by atoms with Crippen LogP contribution in [0.25, 0.3) is 5.65 Å². The molecule has 0 unspecified atom stereocenters. The third-order valence-corrected chi connectivity index (χ3v) is 2.76. The molecule has 0 saturated carbocycles. The number of rotatable bonds is 5. The third kappa shape index (κ3) is 3.23. The van der Waals surface area contributed by atoms with Gasteiger partial charge in [0, 0.05) is 18.9 Å². The maximum absolute atomic E-state index is 11.9. The molecule has 0 fully saturated rings. The Bertz CT molecular complexity index is 577. The summed E-state index contributed by atoms with van der Waals surface area (Å²) in [5, 5.41) is 12.4. The van der Waals surface area contributed by atoms with Crippen molar-refractivity contribution in [2.75, 3.05) is 27.2 Å². The zero-order valence-electron chi connectivity index (χ0n) is 11.1. The molecule has 2 heterocycles. The second-order valence-electron chi connectivity index (χ2n) is 4.66. The first kappa shape index (κ1) is 13.4. The minimum atomic E-state index is -0.221. The lowest BCUT2D eigenvalue weighted by Crippen LogP contribution is -2.27. The van der Waals surface area contributed by atoms with Gasteiger partial charge in [-0.2, -0.15) is 0 Å². The van der Waals surface area contributed by atoms with E-state index in [1.807, 2.05) is 14.1 Å². The first-order valence-corrected chi connectivity index (χ1v) is 6.17. The zero-order valence-corrected chi connectivity index (χ0v) is 11.1. The Morgan fingerprint density at radius 1 is 1.53 bits per heavy atom. The summed E-state index contributed by atoms with van der Waals surface area (Å²) in [4.78, 5) is 18.1. The van der Waals surface area contributed by atoms with E-state index in [0.29, 0.717) is 17.9 Å². The quantitative estimate of drug-likeness (QED) is 0.779. The monoisotopic (exact) mass is 262 g/mol. The molecule has 2 aromatic rings. The molecule has 2 rings (SSSR count). The van der Waals surface area contributed by atoms with Crippen LogP contribution in [0.5, 0.6) is 5.75 Å². The van der Waals surface area contributed by atoms with Crippen molar-refractivity contribution in [2.45, 2.75) is 6.42 Å². The molecule has 0 radical (unpaired) electrons. The molecule has 1 amide bonds. The fraction of sp³-hybridized carbons (Fsp3) is 0.385. The predicted molar refractivity (Wildman–Crippen MR) is 72.4 cm³/mol. The van der Waals surface area contributed by atoms with Gasteiger partial charge in [-0.1, -0.05) is 0 Å². The van der Waals surface area contributed by atoms with E-state index in [4.69, 9.17) is 0 Å². The number of pyridine rings is 1. The Hall–Kier alpha value is -2.08. The summed E-state index contributed by atoms with van der Waals surface area (Å²) in [7, 11) is 3.99. The van der Waals surface area contributed by atoms with Crippen molar-refractivity contribution >= 4 is 11.6 Å². The van der Waals surface area contributed by atoms with Crippen LogP contribution in [0.15, 0.2) is 24.5 Å². The van der Waals surface area contributed by atoms with Gasteiger partial charge in [0.25, 0.3) is 5.91 Å². The summed E-state index contributed by atoms with van der Waals surface area (Å²) in [5.41, 5.74) is 0.701. The molecule has 0 spiro atoms. The smallest absolute Gasteiger partial charge is 0.271 e. The molecular weight excluding hydrogens is 244 g/mol. The van der Waals surface area contributed by atoms with Crippen LogP contribution >= 0.6 is 0 Å². The largest absolute Gasteiger partial charge is 0.504 e. The van der Waals surface area contributed by atoms with E-state index in [1.54, 1.807) is 28.9 Å². The predicted octanol–water partition coefficient (Wildman–Crippen LogP) is 0.721. The third-order valence-electron chi connectivity index (χ3n) is 2.76. The Morgan fingerprint density at radius 3 is 3.00 bits per heavy atom. The molecule has 102 valence electrons. The SMILES string of the molecule is CN(C)CCCNC(=O)c1cn2cccc(O)c2n1. The Kier molecular flexibility index (Phi) is 4.01. The van der Waals surface area contributed by atoms with E-state index in [-0.39, 0.29) is 11.7 Å². The van der Waals surface area contributed by atoms with E-state index in [0.717, 1.165) is 13.0 Å². The normalized spacial score (nSPS) is 11.1. The van der Waals surface area contributed by atoms with E-state index >= 15 is 0 Å². The maximum Gasteiger partial charge on any atom is 0.271 e. The van der Waals surface area contributed by atoms with Crippen molar-refractivity contribution < 1.29 is 9.90 Å². The molecular formula is C13H18N4O2. The summed E-state index contributed by atoms with van der Waals surface area (Å²) >= 11 is 0. The summed E-state index contributed by atoms with van der Waals surface area (Å²) < 4.78 is 1.63. The number of amides is 1. The van der Waals surface area contributed by atoms with Gasteiger partial charge >= 0.3 is 0 Å². The summed E-state index contributed by atoms with van der Waals surface area (Å²) in [5.74, 6) is -0.156. The van der Waals surface area contributed by atoms with Crippen LogP contribution in [-0.2, 0) is 0 Å². The lowest BCUT2D eigenvalue weighted by Gasteiger charge is -2.08. The lowest BCUT2D eigenvalue weighted by atomic mass is 10.3. The number of carbonyl (C=O) groups is 1. The first-order valence-electron chi connectivity index (χ1n) is 6.17. The van der Waals surface area contributed by atoms with Crippen molar-refractivity contribution in [3.05, 3.63) is 30.2 Å². The number of aromatic hydroxyl groups is 1. The van der Waals surface area contributed by atoms with Crippen molar-refractivity contribution in [2.24, 2.45) is 0 Å². The molecule has 2 N–H and O–H groups in total. The highest BCUT2D eigenvalue weighted by Gasteiger charge is 2.11. The summed E-state index contributed by atoms with van der Waals surface area (Å²) in [6, 6.07) is 3.24. The molecule has 0 aromatic carbocycles. The average molecular weight is 262 g/mol. The second-order valence-corrected chi connectivity index (χ2v) is 4.66. The van der Waals surface area contributed by atoms with Crippen LogP contribution in [-0.4, -0.2) is 52.5 Å². The summed E-state index contributed by atoms with van der Waals surface area (Å²) in [6.45, 7) is 1.53. The highest BCUT2D eigenvalue weighted by molar-refractivity contribution is 5.93. The van der Waals surface area contributed by atoms with Crippen LogP contribution in [0, 0.1) is 0 Å². The van der Waals surface area contributed by atoms with Gasteiger partial charge in [0.15, 0.2) is 11.4 Å². The van der Waals surface area contributed by atoms with Gasteiger partial charge in [-0.3, -0.25) is 4.79 Å². The number of nitrogens with zero attached hydrogens (tertiary/aromatic N) is 3. The molecule has 6 heteroatoms. The van der Waals surface area contributed by atoms with Crippen LogP contribution in [0.4, 0.5) is 0 Å². The van der Waals surface area contributed by atoms with Crippen molar-refractivity contribution in [1.29, 1.82) is 0 Å². The highest BCUT2D eigenvalue weighted by atomic mass is 16.3. The summed E-state index contributed by atoms with van der Waals surface area (Å²) in [6.07, 6.45) is 4.23. The van der Waals surface area contributed by atoms with Crippen LogP contribution in [0.2, 0.25) is 0 Å². The van der Waals surface area contributed by atoms with Gasteiger partial charge in [0.2, 0.25) is 0 Å². The first-order chi connectivity index (χ1) is 9.08. The Balaban J connectivity index is 2.00. The van der Waals surface area contributed by atoms with E-state index in [2.05, 4.69) is 15.2 Å². The molecule has 0 atom stereocenters. The number of fused-ring (bicyclic) bond motifs is 1. The molecule has 19 heavy (non-hydrogen) atoms. The van der Waals surface area contributed by atoms with Gasteiger partial charge < -0.3 is 19.7 Å². The molecule has 0 aliphatic carbocycles. The number of hydrogen-bond donors (Lipinski definition) is 2. The van der Waals surface area contributed by atoms with Gasteiger partial charge in [0.1, 0.15) is 5.69 Å². The van der Waals surface area contributed by atoms with Crippen LogP contribution < -0.4 is 5.32 Å². The van der Waals surface area contributed by atoms with Gasteiger partial charge in [-0.05, 0) is 39.2 Å². The zero-order chi connectivity index (χ0) is 13.8. The van der Waals surface area contributed by atoms with Crippen molar-refractivity contribution in [3.8, 4) is 5.75 Å². The number of hydrogen-bond acceptors (Lipinski definition) is 4. The number of aromatic nitrogens is 2. The van der Waals surface area contributed by atoms with Crippen LogP contribution in [0.1, 0.15) is 16.9 Å². The van der Waals surface area contributed by atoms with E-state index in [9.17, 15) is 9.90 Å². The second kappa shape index (κ2) is 5.71. The van der Waals surface area contributed by atoms with Gasteiger partial charge in [-0.25, -0.2) is 4.98 Å². The molecule has 0 aliphatic rings. The average Bonchev–Trinajstić information content (AvgIpc) is 2.79. The molecule has 6 nitrogen and oxygen atoms in total. The fourth-order valence-corrected chi connectivity index (χ4v) is 1.80. The minimum absolute atomic E-state index is 0.0640. The van der Waals surface area contributed by atoms with E-state index in [1.165, 1.54) is 0 Å². The molecule has 0 aliphatic heterocycles. The Labute approximate surface area is 111 Å². The molecule has 0 saturated heterocycles. The fourth-order valence-electron chi connectivity index (χ4n) is 1.80. The van der Waals surface area contributed by atoms with Gasteiger partial charge in [-0.15, -0.1) is 0 Å². The number of carbonyl (C=O) groups excluding carboxylic acids is 1. The molecule has 2 aromatic heterocycles. The molecule has 0 bridgehead atoms. The van der Waals surface area contributed by atoms with Crippen LogP contribution in [0.3, 0.4) is 0 Å². The standard InChI is InChI=1S/C13H18N4O2/c1-16(2)7-4-6-14-13(19)10-9-17-8-3-5-11(18)12(17)15-10/h3,5,8-9,18H,4,6-7H2,1-2H3,(H,14,19). The van der Waals surface area contributed by atoms with Crippen molar-refractivity contribution in [3.63, 3.8) is 0 Å². The lowest BCUT2D eigenvalue weighted by molar-refractivity contribution is 0.0948. The number of nitrogens with one attached hydrogen (secondary N) is 1. The van der Waals surface area contributed by atoms with Gasteiger partial charge in [0.05, 0.1) is 0 Å². The van der Waals surface area contributed by atoms with Crippen molar-refractivity contribution in [1.82, 2.24) is 19.6 Å². The number of imidazole rings is 1. The van der Waals surface area contributed by atoms with E-state index < -0.39 is 0 Å². The minimum Gasteiger partial charge on any atom is -0.504 e. The topological polar surface area (TPSA) is 69.9 Å². The highest BCUT2D eigenvalue weighted by Crippen LogP contribution is 2.16. The maximum atomic E-state index is 11.9.